The summed E-state index contributed by atoms with van der Waals surface area (Å²) in [6, 6.07) is 0. The van der Waals surface area contributed by atoms with Crippen LogP contribution in [0.25, 0.3) is 0 Å². The maximum atomic E-state index is 2.66. The molecule has 2 fully saturated rings. The van der Waals surface area contributed by atoms with E-state index in [1.54, 1.807) is 0 Å². The zero-order valence-corrected chi connectivity index (χ0v) is 12.7. The van der Waals surface area contributed by atoms with Crippen LogP contribution in [0.2, 0.25) is 0 Å². The normalized spacial score (nSPS) is 36.8. The largest absolute Gasteiger partial charge is 1.00 e. The van der Waals surface area contributed by atoms with Gasteiger partial charge in [0.25, 0.3) is 0 Å². The Morgan fingerprint density at radius 3 is 3.00 bits per heavy atom. The van der Waals surface area contributed by atoms with Crippen molar-refractivity contribution in [1.29, 1.82) is 0 Å². The zero-order chi connectivity index (χ0) is 7.03. The van der Waals surface area contributed by atoms with Gasteiger partial charge in [0.05, 0.1) is 0 Å². The van der Waals surface area contributed by atoms with Crippen molar-refractivity contribution in [3.05, 3.63) is 6.42 Å². The van der Waals surface area contributed by atoms with Crippen LogP contribution in [0.5, 0.6) is 0 Å². The number of rotatable bonds is 1. The predicted octanol–water partition coefficient (Wildman–Crippen LogP) is -1.16. The number of nitrogens with zero attached hydrogens (tertiary/aromatic N) is 1. The van der Waals surface area contributed by atoms with Gasteiger partial charge in [-0.15, -0.1) is 6.54 Å². The second kappa shape index (κ2) is 4.32. The molecule has 0 radical (unpaired) electrons. The Labute approximate surface area is 119 Å². The molecule has 0 N–H and O–H groups in total. The molecule has 0 aromatic carbocycles. The Balaban J connectivity index is 0.000000605. The first-order valence-electron chi connectivity index (χ1n) is 4.44. The van der Waals surface area contributed by atoms with Crippen LogP contribution in [0.3, 0.4) is 0 Å². The molecule has 2 heterocycles. The monoisotopic (exact) mass is 223 g/mol. The third kappa shape index (κ3) is 1.83. The van der Waals surface area contributed by atoms with Crippen molar-refractivity contribution >= 4 is 0 Å². The van der Waals surface area contributed by atoms with Gasteiger partial charge in [0, 0.05) is 0 Å². The summed E-state index contributed by atoms with van der Waals surface area (Å²) in [6.45, 7) is 4.94. The summed E-state index contributed by atoms with van der Waals surface area (Å²) in [6.07, 6.45) is 8.03. The number of fused-ring (bicyclic) bond motifs is 1. The molecule has 0 amide bonds. The first-order chi connectivity index (χ1) is 4.87. The number of hydrogen-bond acceptors (Lipinski definition) is 1. The molecule has 0 aromatic heterocycles. The molecule has 58 valence electrons. The summed E-state index contributed by atoms with van der Waals surface area (Å²) in [5.74, 6) is 0. The van der Waals surface area contributed by atoms with Crippen molar-refractivity contribution in [2.24, 2.45) is 0 Å². The Hall–Kier alpha value is 1.77. The van der Waals surface area contributed by atoms with Gasteiger partial charge in [-0.2, -0.15) is 6.42 Å². The van der Waals surface area contributed by atoms with Gasteiger partial charge in [-0.3, -0.25) is 0 Å². The fourth-order valence-electron chi connectivity index (χ4n) is 2.54. The summed E-state index contributed by atoms with van der Waals surface area (Å²) in [5, 5.41) is 0. The molecule has 0 aromatic rings. The van der Waals surface area contributed by atoms with Crippen molar-refractivity contribution in [2.45, 2.75) is 38.1 Å². The molecular weight excluding hydrogens is 208 g/mol. The average molecular weight is 224 g/mol. The minimum atomic E-state index is 0. The molecule has 1 atom stereocenters. The van der Waals surface area contributed by atoms with Crippen molar-refractivity contribution < 1.29 is 58.2 Å². The molecule has 0 bridgehead atoms. The first kappa shape index (κ1) is 10.8. The van der Waals surface area contributed by atoms with E-state index in [2.05, 4.69) is 18.2 Å². The van der Waals surface area contributed by atoms with Gasteiger partial charge in [0.15, 0.2) is 0 Å². The third-order valence-corrected chi connectivity index (χ3v) is 3.27. The van der Waals surface area contributed by atoms with Gasteiger partial charge in [-0.1, -0.05) is 6.92 Å². The van der Waals surface area contributed by atoms with Gasteiger partial charge in [0.1, 0.15) is 0 Å². The molecule has 0 saturated carbocycles. The van der Waals surface area contributed by atoms with E-state index in [1.165, 1.54) is 38.8 Å². The Kier molecular flexibility index (Phi) is 4.26. The minimum Gasteiger partial charge on any atom is -0.330 e. The maximum Gasteiger partial charge on any atom is 1.00 e. The van der Waals surface area contributed by atoms with E-state index in [0.29, 0.717) is 5.54 Å². The number of hydrogen-bond donors (Lipinski definition) is 0. The second-order valence-electron chi connectivity index (χ2n) is 3.62. The standard InChI is InChI=1S/C9H16N.Rb/c1-2-9-5-3-7-10(9)8-4-6-9;/h3H,2,4-8H2,1H3;/q-1;+1/t9-;/m0./s1. The van der Waals surface area contributed by atoms with Crippen LogP contribution >= 0.6 is 0 Å². The summed E-state index contributed by atoms with van der Waals surface area (Å²) in [5.41, 5.74) is 0.625. The first-order valence-corrected chi connectivity index (χ1v) is 4.44. The SMILES string of the molecule is CC[C@@]12C[CH-]CN1CCC2.[Rb+]. The molecule has 0 unspecified atom stereocenters. The smallest absolute Gasteiger partial charge is 0.330 e. The predicted molar refractivity (Wildman–Crippen MR) is 42.7 cm³/mol. The molecule has 2 aliphatic rings. The summed E-state index contributed by atoms with van der Waals surface area (Å²) < 4.78 is 0. The second-order valence-corrected chi connectivity index (χ2v) is 3.62. The van der Waals surface area contributed by atoms with Gasteiger partial charge in [0.2, 0.25) is 0 Å². The minimum absolute atomic E-state index is 0. The van der Waals surface area contributed by atoms with Crippen molar-refractivity contribution in [1.82, 2.24) is 4.90 Å². The van der Waals surface area contributed by atoms with E-state index in [0.717, 1.165) is 0 Å². The molecule has 11 heavy (non-hydrogen) atoms. The Bertz CT molecular complexity index is 126. The van der Waals surface area contributed by atoms with Crippen LogP contribution in [0.15, 0.2) is 0 Å². The van der Waals surface area contributed by atoms with Crippen molar-refractivity contribution in [3.63, 3.8) is 0 Å². The van der Waals surface area contributed by atoms with Crippen molar-refractivity contribution in [2.75, 3.05) is 13.1 Å². The van der Waals surface area contributed by atoms with Gasteiger partial charge in [-0.05, 0) is 31.3 Å². The summed E-state index contributed by atoms with van der Waals surface area (Å²) >= 11 is 0. The molecule has 2 heteroatoms. The quantitative estimate of drug-likeness (QED) is 0.508. The van der Waals surface area contributed by atoms with Gasteiger partial charge < -0.3 is 11.3 Å². The molecule has 2 saturated heterocycles. The van der Waals surface area contributed by atoms with E-state index < -0.39 is 0 Å². The molecule has 0 spiro atoms. The van der Waals surface area contributed by atoms with E-state index in [-0.39, 0.29) is 58.2 Å². The third-order valence-electron chi connectivity index (χ3n) is 3.27. The Morgan fingerprint density at radius 2 is 2.36 bits per heavy atom. The van der Waals surface area contributed by atoms with Gasteiger partial charge in [-0.25, -0.2) is 0 Å². The zero-order valence-electron chi connectivity index (χ0n) is 7.77. The van der Waals surface area contributed by atoms with E-state index >= 15 is 0 Å². The van der Waals surface area contributed by atoms with Crippen molar-refractivity contribution in [3.8, 4) is 0 Å². The van der Waals surface area contributed by atoms with E-state index in [4.69, 9.17) is 0 Å². The molecule has 1 nitrogen and oxygen atoms in total. The van der Waals surface area contributed by atoms with Crippen LogP contribution in [0, 0.1) is 6.42 Å². The average Bonchev–Trinajstić information content (AvgIpc) is 2.42. The molecular formula is C9H16NRb. The Morgan fingerprint density at radius 1 is 1.55 bits per heavy atom. The molecule has 0 aliphatic carbocycles. The van der Waals surface area contributed by atoms with E-state index in [1.807, 2.05) is 0 Å². The molecule has 2 aliphatic heterocycles. The topological polar surface area (TPSA) is 3.24 Å². The maximum absolute atomic E-state index is 2.66. The van der Waals surface area contributed by atoms with Crippen LogP contribution in [-0.2, 0) is 0 Å². The van der Waals surface area contributed by atoms with Crippen LogP contribution in [-0.4, -0.2) is 23.5 Å². The summed E-state index contributed by atoms with van der Waals surface area (Å²) in [7, 11) is 0. The van der Waals surface area contributed by atoms with E-state index in [9.17, 15) is 0 Å². The summed E-state index contributed by atoms with van der Waals surface area (Å²) in [4.78, 5) is 2.66. The fourth-order valence-corrected chi connectivity index (χ4v) is 2.54. The van der Waals surface area contributed by atoms with Crippen LogP contribution in [0.1, 0.15) is 32.6 Å². The van der Waals surface area contributed by atoms with Gasteiger partial charge >= 0.3 is 58.2 Å². The fraction of sp³-hybridized carbons (Fsp3) is 0.889. The van der Waals surface area contributed by atoms with Crippen LogP contribution < -0.4 is 58.2 Å². The van der Waals surface area contributed by atoms with Crippen LogP contribution in [0.4, 0.5) is 0 Å². The molecule has 2 rings (SSSR count).